The third-order valence-electron chi connectivity index (χ3n) is 5.93. The molecule has 1 aliphatic rings. The van der Waals surface area contributed by atoms with E-state index in [-0.39, 0.29) is 18.1 Å². The van der Waals surface area contributed by atoms with Crippen LogP contribution in [-0.2, 0) is 11.3 Å². The lowest BCUT2D eigenvalue weighted by Crippen LogP contribution is -2.40. The first-order chi connectivity index (χ1) is 16.0. The van der Waals surface area contributed by atoms with Crippen LogP contribution in [0.4, 0.5) is 10.5 Å². The van der Waals surface area contributed by atoms with Crippen molar-refractivity contribution in [3.05, 3.63) is 75.0 Å². The molecule has 0 bridgehead atoms. The van der Waals surface area contributed by atoms with Gasteiger partial charge in [-0.3, -0.25) is 9.69 Å². The third-order valence-corrected chi connectivity index (χ3v) is 6.26. The maximum atomic E-state index is 13.2. The van der Waals surface area contributed by atoms with Crippen LogP contribution >= 0.6 is 11.6 Å². The smallest absolute Gasteiger partial charge is 0.322 e. The van der Waals surface area contributed by atoms with Gasteiger partial charge < -0.3 is 19.9 Å². The number of aromatic amines is 1. The summed E-state index contributed by atoms with van der Waals surface area (Å²) in [6, 6.07) is 14.6. The van der Waals surface area contributed by atoms with E-state index < -0.39 is 0 Å². The first-order valence-electron chi connectivity index (χ1n) is 11.2. The first-order valence-corrected chi connectivity index (χ1v) is 11.6. The van der Waals surface area contributed by atoms with E-state index in [4.69, 9.17) is 16.3 Å². The van der Waals surface area contributed by atoms with Gasteiger partial charge in [-0.05, 0) is 42.5 Å². The average Bonchev–Trinajstić information content (AvgIpc) is 2.81. The fourth-order valence-electron chi connectivity index (χ4n) is 4.07. The Bertz CT molecular complexity index is 1170. The van der Waals surface area contributed by atoms with Crippen LogP contribution in [0, 0.1) is 6.92 Å². The van der Waals surface area contributed by atoms with E-state index in [9.17, 15) is 9.59 Å². The number of morpholine rings is 1. The van der Waals surface area contributed by atoms with Gasteiger partial charge in [-0.25, -0.2) is 4.79 Å². The topological polar surface area (TPSA) is 77.7 Å². The number of aryl methyl sites for hydroxylation is 1. The van der Waals surface area contributed by atoms with E-state index in [0.717, 1.165) is 55.7 Å². The highest BCUT2D eigenvalue weighted by molar-refractivity contribution is 6.33. The number of urea groups is 1. The molecule has 0 saturated carbocycles. The molecular formula is C25H29ClN4O3. The van der Waals surface area contributed by atoms with Gasteiger partial charge in [0.25, 0.3) is 5.56 Å². The number of fused-ring (bicyclic) bond motifs is 1. The van der Waals surface area contributed by atoms with Crippen molar-refractivity contribution in [2.24, 2.45) is 0 Å². The quantitative estimate of drug-likeness (QED) is 0.543. The molecule has 7 nitrogen and oxygen atoms in total. The molecule has 1 fully saturated rings. The second kappa shape index (κ2) is 10.8. The van der Waals surface area contributed by atoms with Crippen molar-refractivity contribution in [1.29, 1.82) is 0 Å². The largest absolute Gasteiger partial charge is 0.379 e. The van der Waals surface area contributed by atoms with Crippen molar-refractivity contribution in [3.8, 4) is 0 Å². The highest BCUT2D eigenvalue weighted by Gasteiger charge is 2.18. The number of aromatic nitrogens is 1. The van der Waals surface area contributed by atoms with Gasteiger partial charge in [0, 0.05) is 31.7 Å². The van der Waals surface area contributed by atoms with Gasteiger partial charge in [0.15, 0.2) is 0 Å². The van der Waals surface area contributed by atoms with Crippen LogP contribution in [0.2, 0.25) is 5.02 Å². The molecular weight excluding hydrogens is 440 g/mol. The fraction of sp³-hybridized carbons (Fsp3) is 0.360. The Morgan fingerprint density at radius 2 is 1.97 bits per heavy atom. The Hall–Kier alpha value is -2.87. The summed E-state index contributed by atoms with van der Waals surface area (Å²) in [5.74, 6) is 0. The van der Waals surface area contributed by atoms with Crippen LogP contribution in [-0.4, -0.2) is 60.2 Å². The normalized spacial score (nSPS) is 14.4. The monoisotopic (exact) mass is 468 g/mol. The number of anilines is 1. The van der Waals surface area contributed by atoms with E-state index in [1.807, 2.05) is 43.3 Å². The maximum absolute atomic E-state index is 13.2. The number of H-pyrrole nitrogens is 1. The van der Waals surface area contributed by atoms with Gasteiger partial charge in [0.2, 0.25) is 0 Å². The summed E-state index contributed by atoms with van der Waals surface area (Å²) in [4.78, 5) is 33.0. The maximum Gasteiger partial charge on any atom is 0.322 e. The van der Waals surface area contributed by atoms with E-state index >= 15 is 0 Å². The molecule has 2 amide bonds. The Kier molecular flexibility index (Phi) is 7.65. The van der Waals surface area contributed by atoms with Crippen LogP contribution in [0.3, 0.4) is 0 Å². The Morgan fingerprint density at radius 1 is 1.18 bits per heavy atom. The zero-order valence-corrected chi connectivity index (χ0v) is 19.5. The summed E-state index contributed by atoms with van der Waals surface area (Å²) in [5.41, 5.74) is 2.75. The number of ether oxygens (including phenoxy) is 1. The predicted molar refractivity (Wildman–Crippen MR) is 132 cm³/mol. The van der Waals surface area contributed by atoms with Crippen LogP contribution in [0.5, 0.6) is 0 Å². The zero-order chi connectivity index (χ0) is 23.2. The number of halogens is 1. The summed E-state index contributed by atoms with van der Waals surface area (Å²) < 4.78 is 5.41. The molecule has 2 N–H and O–H groups in total. The summed E-state index contributed by atoms with van der Waals surface area (Å²) in [6.07, 6.45) is 0.792. The molecule has 174 valence electrons. The van der Waals surface area contributed by atoms with Gasteiger partial charge in [-0.2, -0.15) is 0 Å². The number of benzene rings is 2. The summed E-state index contributed by atoms with van der Waals surface area (Å²) >= 11 is 6.24. The number of nitrogens with one attached hydrogen (secondary N) is 2. The zero-order valence-electron chi connectivity index (χ0n) is 18.8. The highest BCUT2D eigenvalue weighted by Crippen LogP contribution is 2.21. The number of hydrogen-bond acceptors (Lipinski definition) is 4. The van der Waals surface area contributed by atoms with Crippen LogP contribution in [0.1, 0.15) is 17.5 Å². The number of nitrogens with zero attached hydrogens (tertiary/aromatic N) is 2. The summed E-state index contributed by atoms with van der Waals surface area (Å²) in [6.45, 7) is 6.83. The Morgan fingerprint density at radius 3 is 2.76 bits per heavy atom. The van der Waals surface area contributed by atoms with E-state index in [1.165, 1.54) is 0 Å². The lowest BCUT2D eigenvalue weighted by atomic mass is 10.1. The molecule has 3 aromatic rings. The van der Waals surface area contributed by atoms with E-state index in [1.54, 1.807) is 17.0 Å². The molecule has 1 aliphatic heterocycles. The van der Waals surface area contributed by atoms with Crippen LogP contribution in [0.15, 0.2) is 53.3 Å². The molecule has 33 heavy (non-hydrogen) atoms. The molecule has 8 heteroatoms. The number of para-hydroxylation sites is 2. The second-order valence-corrected chi connectivity index (χ2v) is 8.71. The van der Waals surface area contributed by atoms with Gasteiger partial charge in [0.05, 0.1) is 36.0 Å². The Labute approximate surface area is 198 Å². The summed E-state index contributed by atoms with van der Waals surface area (Å²) in [5, 5.41) is 4.31. The molecule has 2 aromatic carbocycles. The molecule has 0 spiro atoms. The first kappa shape index (κ1) is 23.3. The van der Waals surface area contributed by atoms with Crippen molar-refractivity contribution in [2.75, 3.05) is 44.7 Å². The highest BCUT2D eigenvalue weighted by atomic mass is 35.5. The number of amides is 2. The van der Waals surface area contributed by atoms with Gasteiger partial charge >= 0.3 is 6.03 Å². The number of rotatable bonds is 7. The van der Waals surface area contributed by atoms with Crippen molar-refractivity contribution in [2.45, 2.75) is 19.9 Å². The SMILES string of the molecule is Cc1cccc2cc(CN(CCCN3CCOCC3)C(=O)Nc3ccccc3Cl)c(=O)[nH]c12. The standard InChI is InChI=1S/C25H29ClN4O3/c1-18-6-4-7-19-16-20(24(31)28-23(18)19)17-30(11-5-10-29-12-14-33-15-13-29)25(32)27-22-9-3-2-8-21(22)26/h2-4,6-9,16H,5,10-15,17H2,1H3,(H,27,32)(H,28,31). The van der Waals surface area contributed by atoms with Crippen molar-refractivity contribution >= 4 is 34.2 Å². The lowest BCUT2D eigenvalue weighted by molar-refractivity contribution is 0.0365. The Balaban J connectivity index is 1.53. The van der Waals surface area contributed by atoms with Gasteiger partial charge in [-0.15, -0.1) is 0 Å². The van der Waals surface area contributed by atoms with Crippen LogP contribution < -0.4 is 10.9 Å². The fourth-order valence-corrected chi connectivity index (χ4v) is 4.25. The van der Waals surface area contributed by atoms with E-state index in [2.05, 4.69) is 15.2 Å². The number of pyridine rings is 1. The van der Waals surface area contributed by atoms with Crippen molar-refractivity contribution < 1.29 is 9.53 Å². The average molecular weight is 469 g/mol. The van der Waals surface area contributed by atoms with Crippen molar-refractivity contribution in [3.63, 3.8) is 0 Å². The van der Waals surface area contributed by atoms with Gasteiger partial charge in [-0.1, -0.05) is 41.9 Å². The minimum absolute atomic E-state index is 0.180. The number of hydrogen-bond donors (Lipinski definition) is 2. The molecule has 4 rings (SSSR count). The number of carbonyl (C=O) groups excluding carboxylic acids is 1. The molecule has 0 unspecified atom stereocenters. The number of carbonyl (C=O) groups is 1. The summed E-state index contributed by atoms with van der Waals surface area (Å²) in [7, 11) is 0. The van der Waals surface area contributed by atoms with Crippen molar-refractivity contribution in [1.82, 2.24) is 14.8 Å². The molecule has 2 heterocycles. The second-order valence-electron chi connectivity index (χ2n) is 8.30. The molecule has 1 aromatic heterocycles. The lowest BCUT2D eigenvalue weighted by Gasteiger charge is -2.28. The minimum atomic E-state index is -0.284. The molecule has 0 atom stereocenters. The predicted octanol–water partition coefficient (Wildman–Crippen LogP) is 4.25. The third kappa shape index (κ3) is 5.93. The minimum Gasteiger partial charge on any atom is -0.379 e. The van der Waals surface area contributed by atoms with E-state index in [0.29, 0.717) is 22.8 Å². The molecule has 0 aliphatic carbocycles. The van der Waals surface area contributed by atoms with Crippen LogP contribution in [0.25, 0.3) is 10.9 Å². The van der Waals surface area contributed by atoms with Gasteiger partial charge in [0.1, 0.15) is 0 Å². The molecule has 0 radical (unpaired) electrons. The molecule has 1 saturated heterocycles.